The van der Waals surface area contributed by atoms with Gasteiger partial charge in [0.25, 0.3) is 0 Å². The summed E-state index contributed by atoms with van der Waals surface area (Å²) in [4.78, 5) is 7.34. The van der Waals surface area contributed by atoms with Crippen molar-refractivity contribution in [2.45, 2.75) is 38.1 Å². The van der Waals surface area contributed by atoms with E-state index in [0.29, 0.717) is 25.8 Å². The van der Waals surface area contributed by atoms with Crippen molar-refractivity contribution < 1.29 is 13.9 Å². The fourth-order valence-corrected chi connectivity index (χ4v) is 4.08. The summed E-state index contributed by atoms with van der Waals surface area (Å²) in [6.45, 7) is 11.4. The van der Waals surface area contributed by atoms with E-state index < -0.39 is 0 Å². The minimum absolute atomic E-state index is 0. The minimum atomic E-state index is -0.193. The quantitative estimate of drug-likeness (QED) is 0.320. The lowest BCUT2D eigenvalue weighted by Crippen LogP contribution is -2.49. The van der Waals surface area contributed by atoms with Crippen molar-refractivity contribution in [1.82, 2.24) is 15.5 Å². The summed E-state index contributed by atoms with van der Waals surface area (Å²) in [7, 11) is 0. The van der Waals surface area contributed by atoms with Gasteiger partial charge in [-0.1, -0.05) is 12.1 Å². The van der Waals surface area contributed by atoms with E-state index in [4.69, 9.17) is 14.5 Å². The average molecular weight is 534 g/mol. The standard InChI is InChI=1S/C22H35FN4O2.HI/c1-3-24-21(25-16-18(2)27-9-13-29-14-10-27)26-17-22(7-11-28-12-8-22)19-5-4-6-20(23)15-19;/h4-6,15,18H,3,7-14,16-17H2,1-2H3,(H2,24,25,26);1H. The zero-order valence-corrected chi connectivity index (χ0v) is 20.5. The molecule has 2 heterocycles. The second kappa shape index (κ2) is 12.8. The van der Waals surface area contributed by atoms with Gasteiger partial charge in [-0.25, -0.2) is 4.39 Å². The Kier molecular flexibility index (Phi) is 10.8. The molecule has 3 rings (SSSR count). The third-order valence-corrected chi connectivity index (χ3v) is 6.00. The van der Waals surface area contributed by atoms with Crippen molar-refractivity contribution in [2.24, 2.45) is 4.99 Å². The van der Waals surface area contributed by atoms with Crippen LogP contribution in [0, 0.1) is 5.82 Å². The van der Waals surface area contributed by atoms with Gasteiger partial charge in [0.2, 0.25) is 0 Å². The fourth-order valence-electron chi connectivity index (χ4n) is 4.08. The van der Waals surface area contributed by atoms with Gasteiger partial charge in [0.1, 0.15) is 5.82 Å². The molecule has 0 aromatic heterocycles. The number of hydrogen-bond donors (Lipinski definition) is 2. The van der Waals surface area contributed by atoms with E-state index in [-0.39, 0.29) is 35.2 Å². The molecule has 1 aromatic rings. The Morgan fingerprint density at radius 1 is 1.17 bits per heavy atom. The highest BCUT2D eigenvalue weighted by Gasteiger charge is 2.34. The SMILES string of the molecule is CCNC(=NCC1(c2cccc(F)c2)CCOCC1)NCC(C)N1CCOCC1.I. The van der Waals surface area contributed by atoms with Crippen LogP contribution in [0.1, 0.15) is 32.3 Å². The maximum Gasteiger partial charge on any atom is 0.191 e. The molecule has 1 aromatic carbocycles. The molecular formula is C22H36FIN4O2. The predicted molar refractivity (Wildman–Crippen MR) is 129 cm³/mol. The Balaban J connectivity index is 0.00000320. The van der Waals surface area contributed by atoms with Crippen LogP contribution in [0.5, 0.6) is 0 Å². The summed E-state index contributed by atoms with van der Waals surface area (Å²) in [5.41, 5.74) is 0.834. The van der Waals surface area contributed by atoms with E-state index in [0.717, 1.165) is 63.8 Å². The first kappa shape index (κ1) is 25.3. The summed E-state index contributed by atoms with van der Waals surface area (Å²) in [5.74, 6) is 0.622. The number of nitrogens with zero attached hydrogens (tertiary/aromatic N) is 2. The third-order valence-electron chi connectivity index (χ3n) is 6.00. The number of hydrogen-bond acceptors (Lipinski definition) is 4. The fraction of sp³-hybridized carbons (Fsp3) is 0.682. The molecule has 2 N–H and O–H groups in total. The van der Waals surface area contributed by atoms with Gasteiger partial charge in [0.05, 0.1) is 19.8 Å². The maximum atomic E-state index is 13.9. The van der Waals surface area contributed by atoms with E-state index in [9.17, 15) is 4.39 Å². The number of guanidine groups is 1. The van der Waals surface area contributed by atoms with E-state index in [1.807, 2.05) is 6.07 Å². The number of benzene rings is 1. The van der Waals surface area contributed by atoms with Gasteiger partial charge in [0.15, 0.2) is 5.96 Å². The van der Waals surface area contributed by atoms with Gasteiger partial charge in [-0.05, 0) is 44.4 Å². The highest BCUT2D eigenvalue weighted by molar-refractivity contribution is 14.0. The molecule has 8 heteroatoms. The highest BCUT2D eigenvalue weighted by Crippen LogP contribution is 2.35. The molecule has 0 amide bonds. The first-order valence-corrected chi connectivity index (χ1v) is 10.8. The monoisotopic (exact) mass is 534 g/mol. The smallest absolute Gasteiger partial charge is 0.191 e. The molecule has 1 unspecified atom stereocenters. The lowest BCUT2D eigenvalue weighted by atomic mass is 9.74. The Morgan fingerprint density at radius 2 is 1.87 bits per heavy atom. The van der Waals surface area contributed by atoms with E-state index in [2.05, 4.69) is 29.4 Å². The average Bonchev–Trinajstić information content (AvgIpc) is 2.76. The lowest BCUT2D eigenvalue weighted by molar-refractivity contribution is 0.0211. The number of ether oxygens (including phenoxy) is 2. The van der Waals surface area contributed by atoms with Crippen molar-refractivity contribution in [2.75, 3.05) is 59.2 Å². The first-order valence-electron chi connectivity index (χ1n) is 10.8. The first-order chi connectivity index (χ1) is 14.1. The second-order valence-electron chi connectivity index (χ2n) is 7.98. The van der Waals surface area contributed by atoms with Gasteiger partial charge < -0.3 is 20.1 Å². The molecule has 170 valence electrons. The van der Waals surface area contributed by atoms with Crippen LogP contribution >= 0.6 is 24.0 Å². The Hall–Kier alpha value is -0.970. The number of morpholine rings is 1. The predicted octanol–water partition coefficient (Wildman–Crippen LogP) is 2.77. The summed E-state index contributed by atoms with van der Waals surface area (Å²) in [5, 5.41) is 6.84. The van der Waals surface area contributed by atoms with Crippen molar-refractivity contribution >= 4 is 29.9 Å². The molecule has 2 fully saturated rings. The van der Waals surface area contributed by atoms with Crippen LogP contribution in [-0.4, -0.2) is 76.1 Å². The van der Waals surface area contributed by atoms with E-state index in [1.165, 1.54) is 6.07 Å². The van der Waals surface area contributed by atoms with E-state index >= 15 is 0 Å². The zero-order valence-electron chi connectivity index (χ0n) is 18.2. The second-order valence-corrected chi connectivity index (χ2v) is 7.98. The molecule has 0 spiro atoms. The Morgan fingerprint density at radius 3 is 2.53 bits per heavy atom. The molecule has 6 nitrogen and oxygen atoms in total. The van der Waals surface area contributed by atoms with Gasteiger partial charge in [-0.15, -0.1) is 24.0 Å². The largest absolute Gasteiger partial charge is 0.381 e. The van der Waals surface area contributed by atoms with Crippen LogP contribution in [0.4, 0.5) is 4.39 Å². The van der Waals surface area contributed by atoms with Gasteiger partial charge in [-0.3, -0.25) is 9.89 Å². The van der Waals surface area contributed by atoms with Crippen molar-refractivity contribution in [3.8, 4) is 0 Å². The van der Waals surface area contributed by atoms with Crippen LogP contribution in [0.3, 0.4) is 0 Å². The molecule has 1 atom stereocenters. The van der Waals surface area contributed by atoms with Crippen molar-refractivity contribution in [3.63, 3.8) is 0 Å². The molecule has 0 bridgehead atoms. The summed E-state index contributed by atoms with van der Waals surface area (Å²) in [6, 6.07) is 7.37. The number of nitrogens with one attached hydrogen (secondary N) is 2. The normalized spacial score (nSPS) is 20.8. The molecule has 2 aliphatic rings. The topological polar surface area (TPSA) is 58.1 Å². The number of aliphatic imine (C=N–C) groups is 1. The molecule has 0 saturated carbocycles. The molecule has 2 aliphatic heterocycles. The number of rotatable bonds is 7. The molecule has 30 heavy (non-hydrogen) atoms. The molecule has 0 aliphatic carbocycles. The van der Waals surface area contributed by atoms with Crippen LogP contribution in [0.15, 0.2) is 29.3 Å². The Labute approximate surface area is 197 Å². The van der Waals surface area contributed by atoms with Gasteiger partial charge in [-0.2, -0.15) is 0 Å². The van der Waals surface area contributed by atoms with Crippen LogP contribution in [0.2, 0.25) is 0 Å². The lowest BCUT2D eigenvalue weighted by Gasteiger charge is -2.37. The summed E-state index contributed by atoms with van der Waals surface area (Å²) in [6.07, 6.45) is 1.70. The minimum Gasteiger partial charge on any atom is -0.381 e. The maximum absolute atomic E-state index is 13.9. The van der Waals surface area contributed by atoms with E-state index in [1.54, 1.807) is 12.1 Å². The third kappa shape index (κ3) is 7.03. The highest BCUT2D eigenvalue weighted by atomic mass is 127. The molecule has 2 saturated heterocycles. The molecule has 0 radical (unpaired) electrons. The zero-order chi connectivity index (χ0) is 20.5. The molecular weight excluding hydrogens is 498 g/mol. The van der Waals surface area contributed by atoms with Crippen LogP contribution in [0.25, 0.3) is 0 Å². The van der Waals surface area contributed by atoms with Crippen molar-refractivity contribution in [1.29, 1.82) is 0 Å². The van der Waals surface area contributed by atoms with Gasteiger partial charge in [0, 0.05) is 50.8 Å². The van der Waals surface area contributed by atoms with Crippen LogP contribution in [-0.2, 0) is 14.9 Å². The summed E-state index contributed by atoms with van der Waals surface area (Å²) < 4.78 is 24.9. The van der Waals surface area contributed by atoms with Crippen LogP contribution < -0.4 is 10.6 Å². The Bertz CT molecular complexity index is 664. The van der Waals surface area contributed by atoms with Crippen molar-refractivity contribution in [3.05, 3.63) is 35.6 Å². The van der Waals surface area contributed by atoms with Gasteiger partial charge >= 0.3 is 0 Å². The number of halogens is 2. The summed E-state index contributed by atoms with van der Waals surface area (Å²) >= 11 is 0.